The maximum Gasteiger partial charge on any atom is 0.221 e. The Hall–Kier alpha value is -2.28. The number of nitrogens with one attached hydrogen (secondary N) is 1. The van der Waals surface area contributed by atoms with Crippen molar-refractivity contribution in [3.63, 3.8) is 0 Å². The minimum absolute atomic E-state index is 0.216. The second-order valence-electron chi connectivity index (χ2n) is 6.99. The van der Waals surface area contributed by atoms with Crippen LogP contribution in [0.1, 0.15) is 36.5 Å². The summed E-state index contributed by atoms with van der Waals surface area (Å²) in [6, 6.07) is 10.8. The summed E-state index contributed by atoms with van der Waals surface area (Å²) in [7, 11) is 3.91. The van der Waals surface area contributed by atoms with Crippen LogP contribution in [0.25, 0.3) is 0 Å². The lowest BCUT2D eigenvalue weighted by Gasteiger charge is -2.32. The highest BCUT2D eigenvalue weighted by Gasteiger charge is 2.33. The summed E-state index contributed by atoms with van der Waals surface area (Å²) < 4.78 is 13.4. The highest BCUT2D eigenvalue weighted by atomic mass is 19.1. The van der Waals surface area contributed by atoms with E-state index in [2.05, 4.69) is 5.32 Å². The van der Waals surface area contributed by atoms with Crippen LogP contribution in [0.5, 0.6) is 0 Å². The Morgan fingerprint density at radius 2 is 1.85 bits per heavy atom. The molecule has 6 heteroatoms. The Balaban J connectivity index is 2.48. The molecule has 3 N–H and O–H groups in total. The van der Waals surface area contributed by atoms with Gasteiger partial charge in [0.25, 0.3) is 0 Å². The summed E-state index contributed by atoms with van der Waals surface area (Å²) >= 11 is 0. The number of carbonyl (C=O) groups excluding carboxylic acids is 1. The minimum Gasteiger partial charge on any atom is -0.392 e. The van der Waals surface area contributed by atoms with E-state index in [1.54, 1.807) is 30.3 Å². The summed E-state index contributed by atoms with van der Waals surface area (Å²) in [5, 5.41) is 24.1. The molecule has 0 aliphatic carbocycles. The average molecular weight is 374 g/mol. The van der Waals surface area contributed by atoms with E-state index in [1.807, 2.05) is 19.0 Å². The zero-order valence-corrected chi connectivity index (χ0v) is 16.0. The molecular formula is C21H27FN2O3. The maximum absolute atomic E-state index is 13.4. The van der Waals surface area contributed by atoms with E-state index < -0.39 is 5.60 Å². The lowest BCUT2D eigenvalue weighted by atomic mass is 9.80. The van der Waals surface area contributed by atoms with E-state index in [1.165, 1.54) is 19.1 Å². The molecular weight excluding hydrogens is 347 g/mol. The SMILES string of the molecule is CC(=O)Nc1ccc(C(O)(CCCN(C)C)c2ccc(F)cc2)c(CO)c1. The van der Waals surface area contributed by atoms with Gasteiger partial charge in [-0.05, 0) is 74.4 Å². The second-order valence-corrected chi connectivity index (χ2v) is 6.99. The smallest absolute Gasteiger partial charge is 0.221 e. The van der Waals surface area contributed by atoms with Crippen molar-refractivity contribution < 1.29 is 19.4 Å². The number of rotatable bonds is 8. The van der Waals surface area contributed by atoms with Gasteiger partial charge in [0.05, 0.1) is 6.61 Å². The number of aliphatic hydroxyl groups excluding tert-OH is 1. The number of hydrogen-bond donors (Lipinski definition) is 3. The van der Waals surface area contributed by atoms with Crippen LogP contribution in [0.2, 0.25) is 0 Å². The number of anilines is 1. The van der Waals surface area contributed by atoms with Crippen molar-refractivity contribution in [2.75, 3.05) is 26.0 Å². The third kappa shape index (κ3) is 5.35. The van der Waals surface area contributed by atoms with Crippen molar-refractivity contribution in [1.82, 2.24) is 4.90 Å². The van der Waals surface area contributed by atoms with Gasteiger partial charge in [-0.3, -0.25) is 4.79 Å². The van der Waals surface area contributed by atoms with Crippen molar-refractivity contribution in [2.24, 2.45) is 0 Å². The number of nitrogens with zero attached hydrogens (tertiary/aromatic N) is 1. The molecule has 0 fully saturated rings. The van der Waals surface area contributed by atoms with Gasteiger partial charge in [-0.15, -0.1) is 0 Å². The fourth-order valence-corrected chi connectivity index (χ4v) is 3.22. The quantitative estimate of drug-likeness (QED) is 0.664. The second kappa shape index (κ2) is 9.08. The first kappa shape index (κ1) is 21.0. The number of benzene rings is 2. The van der Waals surface area contributed by atoms with E-state index in [0.717, 1.165) is 6.54 Å². The number of carbonyl (C=O) groups is 1. The summed E-state index contributed by atoms with van der Waals surface area (Å²) in [5.41, 5.74) is 0.786. The van der Waals surface area contributed by atoms with Gasteiger partial charge >= 0.3 is 0 Å². The molecule has 0 aliphatic heterocycles. The predicted octanol–water partition coefficient (Wildman–Crippen LogP) is 2.85. The normalized spacial score (nSPS) is 13.4. The van der Waals surface area contributed by atoms with Crippen LogP contribution in [0.15, 0.2) is 42.5 Å². The van der Waals surface area contributed by atoms with Gasteiger partial charge in [0.1, 0.15) is 11.4 Å². The highest BCUT2D eigenvalue weighted by molar-refractivity contribution is 5.88. The average Bonchev–Trinajstić information content (AvgIpc) is 2.61. The molecule has 0 aliphatic rings. The Morgan fingerprint density at radius 1 is 1.19 bits per heavy atom. The lowest BCUT2D eigenvalue weighted by molar-refractivity contribution is -0.114. The Labute approximate surface area is 159 Å². The van der Waals surface area contributed by atoms with Gasteiger partial charge in [-0.1, -0.05) is 18.2 Å². The number of halogens is 1. The van der Waals surface area contributed by atoms with Crippen LogP contribution in [-0.2, 0) is 17.0 Å². The van der Waals surface area contributed by atoms with Gasteiger partial charge in [0.15, 0.2) is 0 Å². The van der Waals surface area contributed by atoms with Crippen molar-refractivity contribution in [2.45, 2.75) is 32.0 Å². The fraction of sp³-hybridized carbons (Fsp3) is 0.381. The topological polar surface area (TPSA) is 72.8 Å². The van der Waals surface area contributed by atoms with E-state index in [-0.39, 0.29) is 18.3 Å². The molecule has 0 heterocycles. The van der Waals surface area contributed by atoms with Crippen molar-refractivity contribution in [3.05, 3.63) is 65.0 Å². The van der Waals surface area contributed by atoms with Crippen molar-refractivity contribution in [3.8, 4) is 0 Å². The zero-order valence-electron chi connectivity index (χ0n) is 16.0. The fourth-order valence-electron chi connectivity index (χ4n) is 3.22. The molecule has 1 unspecified atom stereocenters. The van der Waals surface area contributed by atoms with Gasteiger partial charge in [0, 0.05) is 12.6 Å². The molecule has 146 valence electrons. The Bertz CT molecular complexity index is 777. The number of aliphatic hydroxyl groups is 2. The van der Waals surface area contributed by atoms with Crippen molar-refractivity contribution >= 4 is 11.6 Å². The highest BCUT2D eigenvalue weighted by Crippen LogP contribution is 2.37. The van der Waals surface area contributed by atoms with Crippen LogP contribution >= 0.6 is 0 Å². The van der Waals surface area contributed by atoms with Crippen LogP contribution in [0, 0.1) is 5.82 Å². The lowest BCUT2D eigenvalue weighted by Crippen LogP contribution is -2.30. The maximum atomic E-state index is 13.4. The molecule has 0 aromatic heterocycles. The van der Waals surface area contributed by atoms with Crippen molar-refractivity contribution in [1.29, 1.82) is 0 Å². The zero-order chi connectivity index (χ0) is 20.0. The third-order valence-corrected chi connectivity index (χ3v) is 4.51. The molecule has 0 saturated carbocycles. The molecule has 0 spiro atoms. The van der Waals surface area contributed by atoms with Crippen LogP contribution < -0.4 is 5.32 Å². The van der Waals surface area contributed by atoms with E-state index in [4.69, 9.17) is 0 Å². The molecule has 0 saturated heterocycles. The molecule has 1 atom stereocenters. The predicted molar refractivity (Wildman–Crippen MR) is 104 cm³/mol. The van der Waals surface area contributed by atoms with Gasteiger partial charge < -0.3 is 20.4 Å². The summed E-state index contributed by atoms with van der Waals surface area (Å²) in [5.74, 6) is -0.593. The monoisotopic (exact) mass is 374 g/mol. The number of hydrogen-bond acceptors (Lipinski definition) is 4. The molecule has 1 amide bonds. The van der Waals surface area contributed by atoms with E-state index in [0.29, 0.717) is 35.2 Å². The molecule has 2 rings (SSSR count). The third-order valence-electron chi connectivity index (χ3n) is 4.51. The first-order valence-electron chi connectivity index (χ1n) is 8.91. The van der Waals surface area contributed by atoms with Crippen LogP contribution in [0.4, 0.5) is 10.1 Å². The molecule has 0 radical (unpaired) electrons. The molecule has 2 aromatic rings. The summed E-state index contributed by atoms with van der Waals surface area (Å²) in [4.78, 5) is 13.3. The molecule has 2 aromatic carbocycles. The Kier molecular flexibility index (Phi) is 7.07. The van der Waals surface area contributed by atoms with Gasteiger partial charge in [-0.25, -0.2) is 4.39 Å². The van der Waals surface area contributed by atoms with Crippen LogP contribution in [-0.4, -0.2) is 41.7 Å². The van der Waals surface area contributed by atoms with E-state index in [9.17, 15) is 19.4 Å². The van der Waals surface area contributed by atoms with Crippen LogP contribution in [0.3, 0.4) is 0 Å². The van der Waals surface area contributed by atoms with E-state index >= 15 is 0 Å². The minimum atomic E-state index is -1.38. The molecule has 27 heavy (non-hydrogen) atoms. The first-order chi connectivity index (χ1) is 12.8. The summed E-state index contributed by atoms with van der Waals surface area (Å²) in [6.45, 7) is 1.89. The van der Waals surface area contributed by atoms with Gasteiger partial charge in [0.2, 0.25) is 5.91 Å². The first-order valence-corrected chi connectivity index (χ1v) is 8.91. The summed E-state index contributed by atoms with van der Waals surface area (Å²) in [6.07, 6.45) is 1.11. The number of amides is 1. The largest absolute Gasteiger partial charge is 0.392 e. The molecule has 0 bridgehead atoms. The standard InChI is InChI=1S/C21H27FN2O3/c1-15(26)23-19-9-10-20(16(13-19)14-25)21(27,11-4-12-24(2)3)17-5-7-18(22)8-6-17/h5-10,13,25,27H,4,11-12,14H2,1-3H3,(H,23,26). The molecule has 5 nitrogen and oxygen atoms in total. The van der Waals surface area contributed by atoms with Gasteiger partial charge in [-0.2, -0.15) is 0 Å². The Morgan fingerprint density at radius 3 is 2.41 bits per heavy atom.